The quantitative estimate of drug-likeness (QED) is 0.789. The zero-order valence-electron chi connectivity index (χ0n) is 13.9. The first-order chi connectivity index (χ1) is 12.2. The molecule has 1 aliphatic heterocycles. The van der Waals surface area contributed by atoms with Gasteiger partial charge in [0, 0.05) is 11.3 Å². The van der Waals surface area contributed by atoms with Gasteiger partial charge in [-0.05, 0) is 24.3 Å². The molecule has 1 aromatic carbocycles. The number of hydrogen-bond donors (Lipinski definition) is 0. The topological polar surface area (TPSA) is 78.2 Å². The predicted molar refractivity (Wildman–Crippen MR) is 88.5 cm³/mol. The van der Waals surface area contributed by atoms with E-state index in [0.29, 0.717) is 11.4 Å². The lowest BCUT2D eigenvalue weighted by atomic mass is 10.1. The van der Waals surface area contributed by atoms with E-state index in [9.17, 15) is 9.59 Å². The fraction of sp³-hybridized carbons (Fsp3) is 0.222. The Labute approximate surface area is 144 Å². The number of carbonyl (C=O) groups excluding carboxylic acids is 2. The maximum absolute atomic E-state index is 12.3. The molecule has 3 rings (SSSR count). The van der Waals surface area contributed by atoms with E-state index in [4.69, 9.17) is 18.6 Å². The highest BCUT2D eigenvalue weighted by Crippen LogP contribution is 2.30. The molecule has 0 bridgehead atoms. The van der Waals surface area contributed by atoms with Crippen LogP contribution in [0, 0.1) is 0 Å². The minimum Gasteiger partial charge on any atom is -0.466 e. The van der Waals surface area contributed by atoms with Crippen LogP contribution in [0.4, 0.5) is 5.69 Å². The van der Waals surface area contributed by atoms with Gasteiger partial charge in [-0.2, -0.15) is 0 Å². The zero-order chi connectivity index (χ0) is 17.8. The number of benzene rings is 1. The smallest absolute Gasteiger partial charge is 0.355 e. The van der Waals surface area contributed by atoms with Crippen molar-refractivity contribution in [2.45, 2.75) is 0 Å². The summed E-state index contributed by atoms with van der Waals surface area (Å²) in [5.41, 5.74) is 1.72. The number of hydrogen-bond acceptors (Lipinski definition) is 7. The number of furan rings is 1. The van der Waals surface area contributed by atoms with Crippen molar-refractivity contribution >= 4 is 17.6 Å². The van der Waals surface area contributed by atoms with Crippen molar-refractivity contribution in [1.82, 2.24) is 0 Å². The van der Waals surface area contributed by atoms with Crippen LogP contribution in [0.3, 0.4) is 0 Å². The van der Waals surface area contributed by atoms with Crippen LogP contribution in [0.2, 0.25) is 0 Å². The summed E-state index contributed by atoms with van der Waals surface area (Å²) in [7, 11) is 2.51. The highest BCUT2D eigenvalue weighted by Gasteiger charge is 2.32. The highest BCUT2D eigenvalue weighted by molar-refractivity contribution is 6.03. The van der Waals surface area contributed by atoms with Gasteiger partial charge in [0.05, 0.1) is 32.7 Å². The summed E-state index contributed by atoms with van der Waals surface area (Å²) in [6, 6.07) is 11.0. The van der Waals surface area contributed by atoms with Crippen molar-refractivity contribution in [2.24, 2.45) is 0 Å². The molecule has 0 saturated heterocycles. The summed E-state index contributed by atoms with van der Waals surface area (Å²) in [4.78, 5) is 25.9. The Morgan fingerprint density at radius 1 is 1.08 bits per heavy atom. The summed E-state index contributed by atoms with van der Waals surface area (Å²) in [5.74, 6) is -0.573. The molecule has 1 aliphatic rings. The van der Waals surface area contributed by atoms with Crippen molar-refractivity contribution < 1.29 is 28.2 Å². The number of anilines is 1. The molecule has 0 atom stereocenters. The Morgan fingerprint density at radius 3 is 2.56 bits per heavy atom. The zero-order valence-corrected chi connectivity index (χ0v) is 13.9. The maximum Gasteiger partial charge on any atom is 0.355 e. The molecule has 0 aliphatic carbocycles. The van der Waals surface area contributed by atoms with E-state index < -0.39 is 11.9 Å². The average molecular weight is 343 g/mol. The summed E-state index contributed by atoms with van der Waals surface area (Å²) in [6.45, 7) is 0.0814. The molecule has 0 spiro atoms. The van der Waals surface area contributed by atoms with Gasteiger partial charge in [0.15, 0.2) is 0 Å². The van der Waals surface area contributed by atoms with Crippen LogP contribution in [0.15, 0.2) is 58.3 Å². The van der Waals surface area contributed by atoms with Gasteiger partial charge in [-0.15, -0.1) is 0 Å². The molecule has 130 valence electrons. The van der Waals surface area contributed by atoms with Gasteiger partial charge in [0.25, 0.3) is 0 Å². The Hall–Kier alpha value is -3.06. The third-order valence-corrected chi connectivity index (χ3v) is 3.80. The van der Waals surface area contributed by atoms with Crippen LogP contribution in [0.1, 0.15) is 0 Å². The molecule has 0 saturated carbocycles. The van der Waals surface area contributed by atoms with Crippen LogP contribution in [0.5, 0.6) is 0 Å². The summed E-state index contributed by atoms with van der Waals surface area (Å²) >= 11 is 0. The lowest BCUT2D eigenvalue weighted by Crippen LogP contribution is -2.38. The van der Waals surface area contributed by atoms with Crippen molar-refractivity contribution in [3.8, 4) is 11.3 Å². The van der Waals surface area contributed by atoms with Crippen molar-refractivity contribution in [2.75, 3.05) is 32.5 Å². The lowest BCUT2D eigenvalue weighted by molar-refractivity contribution is -0.140. The maximum atomic E-state index is 12.3. The fourth-order valence-corrected chi connectivity index (χ4v) is 2.62. The number of esters is 2. The molecule has 0 radical (unpaired) electrons. The molecule has 0 N–H and O–H groups in total. The van der Waals surface area contributed by atoms with Crippen LogP contribution in [-0.2, 0) is 23.8 Å². The average Bonchev–Trinajstić information content (AvgIpc) is 3.21. The third-order valence-electron chi connectivity index (χ3n) is 3.80. The Kier molecular flexibility index (Phi) is 4.85. The highest BCUT2D eigenvalue weighted by atomic mass is 16.5. The number of methoxy groups -OCH3 is 2. The van der Waals surface area contributed by atoms with Gasteiger partial charge < -0.3 is 23.5 Å². The van der Waals surface area contributed by atoms with Crippen molar-refractivity contribution in [3.63, 3.8) is 0 Å². The van der Waals surface area contributed by atoms with Crippen LogP contribution >= 0.6 is 0 Å². The number of ether oxygens (including phenoxy) is 3. The van der Waals surface area contributed by atoms with E-state index in [-0.39, 0.29) is 24.6 Å². The first kappa shape index (κ1) is 16.8. The van der Waals surface area contributed by atoms with Gasteiger partial charge in [-0.1, -0.05) is 12.1 Å². The minimum absolute atomic E-state index is 0.0223. The number of carbonyl (C=O) groups is 2. The van der Waals surface area contributed by atoms with Gasteiger partial charge in [0.2, 0.25) is 0 Å². The standard InChI is InChI=1S/C18H17NO6/c1-22-17(20)14-10-24-11-19(16(14)18(21)23-2)13-6-3-5-12(9-13)15-7-4-8-25-15/h3-9H,10-11H2,1-2H3. The SMILES string of the molecule is COC(=O)C1=C(C(=O)OC)N(c2cccc(-c3ccco3)c2)COC1. The molecule has 0 fully saturated rings. The minimum atomic E-state index is -0.632. The molecular formula is C18H17NO6. The normalized spacial score (nSPS) is 14.4. The Balaban J connectivity index is 2.07. The van der Waals surface area contributed by atoms with E-state index >= 15 is 0 Å². The van der Waals surface area contributed by atoms with Crippen molar-refractivity contribution in [1.29, 1.82) is 0 Å². The van der Waals surface area contributed by atoms with E-state index in [1.807, 2.05) is 24.3 Å². The monoisotopic (exact) mass is 343 g/mol. The lowest BCUT2D eigenvalue weighted by Gasteiger charge is -2.31. The van der Waals surface area contributed by atoms with E-state index in [1.165, 1.54) is 14.2 Å². The molecule has 7 heteroatoms. The van der Waals surface area contributed by atoms with Crippen LogP contribution in [-0.4, -0.2) is 39.5 Å². The molecule has 0 unspecified atom stereocenters. The van der Waals surface area contributed by atoms with Gasteiger partial charge >= 0.3 is 11.9 Å². The molecule has 1 aromatic heterocycles. The summed E-state index contributed by atoms with van der Waals surface area (Å²) in [5, 5.41) is 0. The van der Waals surface area contributed by atoms with Crippen molar-refractivity contribution in [3.05, 3.63) is 53.9 Å². The molecule has 25 heavy (non-hydrogen) atoms. The second-order valence-corrected chi connectivity index (χ2v) is 5.24. The van der Waals surface area contributed by atoms with Crippen LogP contribution in [0.25, 0.3) is 11.3 Å². The second kappa shape index (κ2) is 7.23. The number of rotatable bonds is 4. The van der Waals surface area contributed by atoms with Gasteiger partial charge in [-0.3, -0.25) is 0 Å². The summed E-state index contributed by atoms with van der Waals surface area (Å²) < 4.78 is 20.5. The number of nitrogens with zero attached hydrogens (tertiary/aromatic N) is 1. The second-order valence-electron chi connectivity index (χ2n) is 5.24. The van der Waals surface area contributed by atoms with Gasteiger partial charge in [0.1, 0.15) is 18.2 Å². The molecular weight excluding hydrogens is 326 g/mol. The van der Waals surface area contributed by atoms with E-state index in [2.05, 4.69) is 0 Å². The van der Waals surface area contributed by atoms with Crippen LogP contribution < -0.4 is 4.90 Å². The van der Waals surface area contributed by atoms with E-state index in [0.717, 1.165) is 5.56 Å². The summed E-state index contributed by atoms with van der Waals surface area (Å²) in [6.07, 6.45) is 1.58. The molecule has 2 aromatic rings. The largest absolute Gasteiger partial charge is 0.466 e. The first-order valence-electron chi connectivity index (χ1n) is 7.54. The third kappa shape index (κ3) is 3.27. The fourth-order valence-electron chi connectivity index (χ4n) is 2.62. The molecule has 0 amide bonds. The molecule has 7 nitrogen and oxygen atoms in total. The Bertz CT molecular complexity index is 809. The van der Waals surface area contributed by atoms with Gasteiger partial charge in [-0.25, -0.2) is 9.59 Å². The van der Waals surface area contributed by atoms with E-state index in [1.54, 1.807) is 23.3 Å². The predicted octanol–water partition coefficient (Wildman–Crippen LogP) is 2.34. The molecule has 2 heterocycles. The Morgan fingerprint density at radius 2 is 1.88 bits per heavy atom. The first-order valence-corrected chi connectivity index (χ1v) is 7.54.